The molecule has 1 aromatic heterocycles. The van der Waals surface area contributed by atoms with E-state index in [1.54, 1.807) is 12.1 Å². The molecule has 2 aromatic rings. The van der Waals surface area contributed by atoms with E-state index in [0.717, 1.165) is 69.1 Å². The van der Waals surface area contributed by atoms with E-state index in [-0.39, 0.29) is 35.2 Å². The molecule has 1 saturated heterocycles. The van der Waals surface area contributed by atoms with Crippen molar-refractivity contribution in [3.63, 3.8) is 0 Å². The molecule has 168 valence electrons. The number of benzene rings is 1. The number of nitrogens with one attached hydrogen (secondary N) is 2. The molecule has 0 amide bonds. The molecule has 1 saturated carbocycles. The maximum Gasteiger partial charge on any atom is 0.191 e. The van der Waals surface area contributed by atoms with E-state index in [1.165, 1.54) is 6.07 Å². The third kappa shape index (κ3) is 6.62. The average molecular weight is 537 g/mol. The van der Waals surface area contributed by atoms with Crippen molar-refractivity contribution in [1.82, 2.24) is 20.5 Å². The average Bonchev–Trinajstić information content (AvgIpc) is 3.56. The maximum atomic E-state index is 13.7. The van der Waals surface area contributed by atoms with Crippen LogP contribution < -0.4 is 10.6 Å². The van der Waals surface area contributed by atoms with Crippen LogP contribution in [0.3, 0.4) is 0 Å². The molecule has 0 spiro atoms. The molecular formula is C24H33FIN5. The first-order valence-electron chi connectivity index (χ1n) is 11.1. The SMILES string of the molecule is CCNC(=NCC1(c2cccc(F)c2)CC1)NC1CCN(Cc2ccccn2)CC1.I. The first-order chi connectivity index (χ1) is 14.7. The zero-order chi connectivity index (χ0) is 20.8. The van der Waals surface area contributed by atoms with Crippen LogP contribution in [0.4, 0.5) is 4.39 Å². The molecule has 1 aromatic carbocycles. The van der Waals surface area contributed by atoms with Gasteiger partial charge in [-0.25, -0.2) is 4.39 Å². The monoisotopic (exact) mass is 537 g/mol. The minimum absolute atomic E-state index is 0. The van der Waals surface area contributed by atoms with Gasteiger partial charge in [0.05, 0.1) is 12.2 Å². The summed E-state index contributed by atoms with van der Waals surface area (Å²) in [5.41, 5.74) is 2.21. The van der Waals surface area contributed by atoms with Gasteiger partial charge in [-0.3, -0.25) is 14.9 Å². The third-order valence-corrected chi connectivity index (χ3v) is 6.21. The van der Waals surface area contributed by atoms with Gasteiger partial charge in [-0.1, -0.05) is 18.2 Å². The number of guanidine groups is 1. The minimum atomic E-state index is -0.162. The fourth-order valence-electron chi connectivity index (χ4n) is 4.21. The number of piperidine rings is 1. The first-order valence-corrected chi connectivity index (χ1v) is 11.1. The van der Waals surface area contributed by atoms with Crippen LogP contribution in [0.15, 0.2) is 53.7 Å². The van der Waals surface area contributed by atoms with Gasteiger partial charge in [0, 0.05) is 43.8 Å². The van der Waals surface area contributed by atoms with Gasteiger partial charge in [-0.2, -0.15) is 0 Å². The van der Waals surface area contributed by atoms with E-state index in [4.69, 9.17) is 4.99 Å². The van der Waals surface area contributed by atoms with Crippen molar-refractivity contribution in [2.75, 3.05) is 26.2 Å². The highest BCUT2D eigenvalue weighted by atomic mass is 127. The standard InChI is InChI=1S/C24H32FN5.HI/c1-2-26-23(28-18-24(11-12-24)19-6-5-7-20(25)16-19)29-21-9-14-30(15-10-21)17-22-8-3-4-13-27-22;/h3-8,13,16,21H,2,9-12,14-15,17-18H2,1H3,(H2,26,28,29);1H. The summed E-state index contributed by atoms with van der Waals surface area (Å²) in [6, 6.07) is 13.5. The Balaban J connectivity index is 0.00000272. The molecule has 0 radical (unpaired) electrons. The Labute approximate surface area is 202 Å². The van der Waals surface area contributed by atoms with Gasteiger partial charge < -0.3 is 10.6 Å². The zero-order valence-electron chi connectivity index (χ0n) is 18.2. The van der Waals surface area contributed by atoms with E-state index in [1.807, 2.05) is 24.4 Å². The Morgan fingerprint density at radius 2 is 2.00 bits per heavy atom. The first kappa shape index (κ1) is 23.9. The molecule has 7 heteroatoms. The highest BCUT2D eigenvalue weighted by Crippen LogP contribution is 2.48. The van der Waals surface area contributed by atoms with Crippen molar-refractivity contribution in [2.24, 2.45) is 4.99 Å². The summed E-state index contributed by atoms with van der Waals surface area (Å²) in [6.07, 6.45) is 6.19. The Kier molecular flexibility index (Phi) is 8.66. The van der Waals surface area contributed by atoms with E-state index in [0.29, 0.717) is 12.6 Å². The lowest BCUT2D eigenvalue weighted by Crippen LogP contribution is -2.48. The van der Waals surface area contributed by atoms with E-state index in [2.05, 4.69) is 33.5 Å². The fourth-order valence-corrected chi connectivity index (χ4v) is 4.21. The summed E-state index contributed by atoms with van der Waals surface area (Å²) in [5.74, 6) is 0.716. The van der Waals surface area contributed by atoms with Gasteiger partial charge in [0.15, 0.2) is 5.96 Å². The molecular weight excluding hydrogens is 504 g/mol. The summed E-state index contributed by atoms with van der Waals surface area (Å²) in [4.78, 5) is 11.8. The predicted octanol–water partition coefficient (Wildman–Crippen LogP) is 4.09. The Bertz CT molecular complexity index is 848. The predicted molar refractivity (Wildman–Crippen MR) is 134 cm³/mol. The quantitative estimate of drug-likeness (QED) is 0.318. The van der Waals surface area contributed by atoms with Crippen molar-refractivity contribution in [3.05, 3.63) is 65.7 Å². The van der Waals surface area contributed by atoms with Crippen LogP contribution >= 0.6 is 24.0 Å². The summed E-state index contributed by atoms with van der Waals surface area (Å²) < 4.78 is 13.7. The van der Waals surface area contributed by atoms with E-state index < -0.39 is 0 Å². The molecule has 5 nitrogen and oxygen atoms in total. The number of likely N-dealkylation sites (tertiary alicyclic amines) is 1. The van der Waals surface area contributed by atoms with Gasteiger partial charge in [0.1, 0.15) is 5.82 Å². The molecule has 1 aliphatic heterocycles. The van der Waals surface area contributed by atoms with Crippen LogP contribution in [0, 0.1) is 5.82 Å². The van der Waals surface area contributed by atoms with Crippen LogP contribution in [0.5, 0.6) is 0 Å². The van der Waals surface area contributed by atoms with Crippen molar-refractivity contribution < 1.29 is 4.39 Å². The van der Waals surface area contributed by atoms with Gasteiger partial charge in [0.25, 0.3) is 0 Å². The summed E-state index contributed by atoms with van der Waals surface area (Å²) in [5, 5.41) is 7.01. The maximum absolute atomic E-state index is 13.7. The van der Waals surface area contributed by atoms with Crippen molar-refractivity contribution >= 4 is 29.9 Å². The normalized spacial score (nSPS) is 18.8. The molecule has 4 rings (SSSR count). The number of rotatable bonds is 7. The van der Waals surface area contributed by atoms with Crippen molar-refractivity contribution in [2.45, 2.75) is 50.6 Å². The summed E-state index contributed by atoms with van der Waals surface area (Å²) in [6.45, 7) is 6.65. The minimum Gasteiger partial charge on any atom is -0.357 e. The molecule has 0 bridgehead atoms. The van der Waals surface area contributed by atoms with Crippen molar-refractivity contribution in [3.8, 4) is 0 Å². The number of aliphatic imine (C=N–C) groups is 1. The molecule has 1 aliphatic carbocycles. The fraction of sp³-hybridized carbons (Fsp3) is 0.500. The van der Waals surface area contributed by atoms with E-state index >= 15 is 0 Å². The third-order valence-electron chi connectivity index (χ3n) is 6.21. The lowest BCUT2D eigenvalue weighted by Gasteiger charge is -2.33. The van der Waals surface area contributed by atoms with Gasteiger partial charge >= 0.3 is 0 Å². The number of halogens is 2. The zero-order valence-corrected chi connectivity index (χ0v) is 20.5. The van der Waals surface area contributed by atoms with Crippen molar-refractivity contribution in [1.29, 1.82) is 0 Å². The number of nitrogens with zero attached hydrogens (tertiary/aromatic N) is 3. The largest absolute Gasteiger partial charge is 0.357 e. The molecule has 2 fully saturated rings. The Morgan fingerprint density at radius 3 is 2.65 bits per heavy atom. The number of pyridine rings is 1. The summed E-state index contributed by atoms with van der Waals surface area (Å²) >= 11 is 0. The smallest absolute Gasteiger partial charge is 0.191 e. The Morgan fingerprint density at radius 1 is 1.19 bits per heavy atom. The molecule has 2 heterocycles. The molecule has 0 atom stereocenters. The van der Waals surface area contributed by atoms with Crippen LogP contribution in [0.25, 0.3) is 0 Å². The Hall–Kier alpha value is -1.74. The molecule has 2 N–H and O–H groups in total. The second kappa shape index (κ2) is 11.2. The molecule has 31 heavy (non-hydrogen) atoms. The lowest BCUT2D eigenvalue weighted by atomic mass is 9.96. The highest BCUT2D eigenvalue weighted by Gasteiger charge is 2.44. The van der Waals surface area contributed by atoms with Gasteiger partial charge in [-0.05, 0) is 62.4 Å². The topological polar surface area (TPSA) is 52.6 Å². The van der Waals surface area contributed by atoms with Gasteiger partial charge in [-0.15, -0.1) is 24.0 Å². The number of hydrogen-bond donors (Lipinski definition) is 2. The second-order valence-corrected chi connectivity index (χ2v) is 8.50. The van der Waals surface area contributed by atoms with E-state index in [9.17, 15) is 4.39 Å². The van der Waals surface area contributed by atoms with Gasteiger partial charge in [0.2, 0.25) is 0 Å². The highest BCUT2D eigenvalue weighted by molar-refractivity contribution is 14.0. The number of hydrogen-bond acceptors (Lipinski definition) is 3. The van der Waals surface area contributed by atoms with Crippen LogP contribution in [0.1, 0.15) is 43.9 Å². The number of aromatic nitrogens is 1. The molecule has 0 unspecified atom stereocenters. The van der Waals surface area contributed by atoms with Crippen LogP contribution in [-0.2, 0) is 12.0 Å². The second-order valence-electron chi connectivity index (χ2n) is 8.50. The summed E-state index contributed by atoms with van der Waals surface area (Å²) in [7, 11) is 0. The van der Waals surface area contributed by atoms with Crippen LogP contribution in [0.2, 0.25) is 0 Å². The molecule has 2 aliphatic rings. The lowest BCUT2D eigenvalue weighted by molar-refractivity contribution is 0.196. The van der Waals surface area contributed by atoms with Crippen LogP contribution in [-0.4, -0.2) is 48.1 Å².